The third kappa shape index (κ3) is 3.96. The molecule has 100 valence electrons. The predicted octanol–water partition coefficient (Wildman–Crippen LogP) is 4.79. The van der Waals surface area contributed by atoms with Crippen LogP contribution in [0.25, 0.3) is 0 Å². The summed E-state index contributed by atoms with van der Waals surface area (Å²) >= 11 is 0. The molecular weight excluding hydrogens is 224 g/mol. The van der Waals surface area contributed by atoms with Gasteiger partial charge in [-0.25, -0.2) is 0 Å². The highest BCUT2D eigenvalue weighted by atomic mass is 28.3. The quantitative estimate of drug-likeness (QED) is 0.389. The SMILES string of the molecule is C=C(C)[C@@H]1C[Si](C)(C)[C@@H](CCCCC)O[C@H]1C. The molecule has 17 heavy (non-hydrogen) atoms. The van der Waals surface area contributed by atoms with Crippen molar-refractivity contribution in [1.82, 2.24) is 0 Å². The molecule has 1 fully saturated rings. The lowest BCUT2D eigenvalue weighted by Gasteiger charge is -2.45. The van der Waals surface area contributed by atoms with Crippen LogP contribution < -0.4 is 0 Å². The van der Waals surface area contributed by atoms with E-state index in [0.29, 0.717) is 17.7 Å². The molecule has 3 atom stereocenters. The Morgan fingerprint density at radius 1 is 1.35 bits per heavy atom. The van der Waals surface area contributed by atoms with Gasteiger partial charge in [-0.3, -0.25) is 0 Å². The Bertz CT molecular complexity index is 260. The van der Waals surface area contributed by atoms with Gasteiger partial charge in [0.05, 0.1) is 14.2 Å². The normalized spacial score (nSPS) is 32.4. The fraction of sp³-hybridized carbons (Fsp3) is 0.867. The molecule has 0 N–H and O–H groups in total. The van der Waals surface area contributed by atoms with Crippen molar-refractivity contribution in [2.24, 2.45) is 5.92 Å². The van der Waals surface area contributed by atoms with E-state index in [0.717, 1.165) is 0 Å². The zero-order chi connectivity index (χ0) is 13.1. The molecule has 0 amide bonds. The van der Waals surface area contributed by atoms with Gasteiger partial charge in [-0.2, -0.15) is 0 Å². The summed E-state index contributed by atoms with van der Waals surface area (Å²) in [6.07, 6.45) is 5.64. The van der Waals surface area contributed by atoms with Crippen molar-refractivity contribution in [3.05, 3.63) is 12.2 Å². The monoisotopic (exact) mass is 254 g/mol. The van der Waals surface area contributed by atoms with Crippen LogP contribution in [0, 0.1) is 5.92 Å². The van der Waals surface area contributed by atoms with E-state index in [1.54, 1.807) is 0 Å². The molecule has 1 nitrogen and oxygen atoms in total. The molecule has 0 spiro atoms. The standard InChI is InChI=1S/C15H30OSi/c1-7-8-9-10-15-16-13(4)14(12(2)3)11-17(15,5)6/h13-15H,2,7-11H2,1,3-6H3/t13-,14-,15-/m0/s1. The first-order valence-electron chi connectivity index (χ1n) is 7.19. The van der Waals surface area contributed by atoms with Crippen LogP contribution in [0.5, 0.6) is 0 Å². The second-order valence-electron chi connectivity index (χ2n) is 6.47. The molecule has 1 heterocycles. The number of rotatable bonds is 5. The van der Waals surface area contributed by atoms with Crippen LogP contribution in [-0.2, 0) is 4.74 Å². The molecule has 2 heteroatoms. The predicted molar refractivity (Wildman–Crippen MR) is 79.1 cm³/mol. The van der Waals surface area contributed by atoms with E-state index in [-0.39, 0.29) is 0 Å². The van der Waals surface area contributed by atoms with Crippen molar-refractivity contribution >= 4 is 8.07 Å². The minimum absolute atomic E-state index is 0.375. The van der Waals surface area contributed by atoms with Gasteiger partial charge in [0.25, 0.3) is 0 Å². The summed E-state index contributed by atoms with van der Waals surface area (Å²) in [4.78, 5) is 0. The maximum Gasteiger partial charge on any atom is 0.0822 e. The molecule has 0 aromatic rings. The molecule has 1 saturated heterocycles. The van der Waals surface area contributed by atoms with Crippen molar-refractivity contribution in [3.63, 3.8) is 0 Å². The summed E-state index contributed by atoms with van der Waals surface area (Å²) in [5.74, 6) is 0.596. The van der Waals surface area contributed by atoms with Gasteiger partial charge >= 0.3 is 0 Å². The molecule has 1 rings (SSSR count). The van der Waals surface area contributed by atoms with Crippen LogP contribution in [0.3, 0.4) is 0 Å². The van der Waals surface area contributed by atoms with Crippen LogP contribution in [0.1, 0.15) is 46.5 Å². The van der Waals surface area contributed by atoms with E-state index in [2.05, 4.69) is 40.4 Å². The maximum atomic E-state index is 6.32. The third-order valence-electron chi connectivity index (χ3n) is 4.27. The van der Waals surface area contributed by atoms with Crippen LogP contribution >= 0.6 is 0 Å². The first-order valence-corrected chi connectivity index (χ1v) is 10.5. The largest absolute Gasteiger partial charge is 0.378 e. The Kier molecular flexibility index (Phi) is 5.45. The van der Waals surface area contributed by atoms with E-state index in [9.17, 15) is 0 Å². The first kappa shape index (κ1) is 15.0. The number of unbranched alkanes of at least 4 members (excludes halogenated alkanes) is 2. The highest BCUT2D eigenvalue weighted by molar-refractivity contribution is 6.78. The molecule has 0 bridgehead atoms. The van der Waals surface area contributed by atoms with Gasteiger partial charge in [0.15, 0.2) is 0 Å². The Morgan fingerprint density at radius 2 is 2.00 bits per heavy atom. The smallest absolute Gasteiger partial charge is 0.0822 e. The molecule has 0 aliphatic carbocycles. The summed E-state index contributed by atoms with van der Waals surface area (Å²) in [6, 6.07) is 1.36. The molecule has 0 unspecified atom stereocenters. The Hall–Kier alpha value is -0.0831. The van der Waals surface area contributed by atoms with Gasteiger partial charge < -0.3 is 4.74 Å². The lowest BCUT2D eigenvalue weighted by molar-refractivity contribution is -0.00592. The number of hydrogen-bond acceptors (Lipinski definition) is 1. The summed E-state index contributed by atoms with van der Waals surface area (Å²) in [5, 5.41) is 0. The maximum absolute atomic E-state index is 6.32. The minimum Gasteiger partial charge on any atom is -0.378 e. The van der Waals surface area contributed by atoms with E-state index in [1.165, 1.54) is 37.3 Å². The van der Waals surface area contributed by atoms with Crippen LogP contribution in [0.15, 0.2) is 12.2 Å². The third-order valence-corrected chi connectivity index (χ3v) is 7.93. The zero-order valence-electron chi connectivity index (χ0n) is 12.4. The van der Waals surface area contributed by atoms with E-state index >= 15 is 0 Å². The second-order valence-corrected chi connectivity index (χ2v) is 11.5. The molecule has 1 aliphatic rings. The van der Waals surface area contributed by atoms with Crippen molar-refractivity contribution < 1.29 is 4.74 Å². The molecule has 0 aromatic carbocycles. The fourth-order valence-corrected chi connectivity index (χ4v) is 6.66. The number of ether oxygens (including phenoxy) is 1. The summed E-state index contributed by atoms with van der Waals surface area (Å²) < 4.78 is 6.32. The van der Waals surface area contributed by atoms with Gasteiger partial charge in [0.2, 0.25) is 0 Å². The molecule has 0 aromatic heterocycles. The topological polar surface area (TPSA) is 9.23 Å². The highest BCUT2D eigenvalue weighted by Gasteiger charge is 2.42. The van der Waals surface area contributed by atoms with Gasteiger partial charge in [-0.15, -0.1) is 0 Å². The van der Waals surface area contributed by atoms with E-state index < -0.39 is 8.07 Å². The van der Waals surface area contributed by atoms with Crippen molar-refractivity contribution in [3.8, 4) is 0 Å². The Morgan fingerprint density at radius 3 is 2.53 bits per heavy atom. The Labute approximate surface area is 109 Å². The fourth-order valence-electron chi connectivity index (χ4n) is 3.02. The van der Waals surface area contributed by atoms with Crippen LogP contribution in [0.4, 0.5) is 0 Å². The van der Waals surface area contributed by atoms with Crippen molar-refractivity contribution in [2.75, 3.05) is 0 Å². The van der Waals surface area contributed by atoms with Gasteiger partial charge in [0.1, 0.15) is 0 Å². The van der Waals surface area contributed by atoms with Crippen molar-refractivity contribution in [2.45, 2.75) is 77.4 Å². The average Bonchev–Trinajstić information content (AvgIpc) is 2.23. The molecule has 0 saturated carbocycles. The summed E-state index contributed by atoms with van der Waals surface area (Å²) in [5.41, 5.74) is 1.88. The van der Waals surface area contributed by atoms with Gasteiger partial charge in [-0.05, 0) is 26.3 Å². The first-order chi connectivity index (χ1) is 7.88. The average molecular weight is 254 g/mol. The van der Waals surface area contributed by atoms with Gasteiger partial charge in [0, 0.05) is 11.6 Å². The minimum atomic E-state index is -1.22. The Balaban J connectivity index is 2.60. The lowest BCUT2D eigenvalue weighted by atomic mass is 9.98. The lowest BCUT2D eigenvalue weighted by Crippen LogP contribution is -2.53. The zero-order valence-corrected chi connectivity index (χ0v) is 13.4. The highest BCUT2D eigenvalue weighted by Crippen LogP contribution is 2.37. The second kappa shape index (κ2) is 6.19. The summed E-state index contributed by atoms with van der Waals surface area (Å²) in [6.45, 7) is 15.8. The van der Waals surface area contributed by atoms with Crippen LogP contribution in [-0.4, -0.2) is 19.9 Å². The molecule has 1 aliphatic heterocycles. The van der Waals surface area contributed by atoms with Crippen molar-refractivity contribution in [1.29, 1.82) is 0 Å². The summed E-state index contributed by atoms with van der Waals surface area (Å²) in [7, 11) is -1.22. The molecular formula is C15H30OSi. The van der Waals surface area contributed by atoms with E-state index in [1.807, 2.05) is 0 Å². The van der Waals surface area contributed by atoms with Crippen LogP contribution in [0.2, 0.25) is 19.1 Å². The molecule has 0 radical (unpaired) electrons. The number of hydrogen-bond donors (Lipinski definition) is 0. The van der Waals surface area contributed by atoms with Gasteiger partial charge in [-0.1, -0.05) is 51.4 Å². The van der Waals surface area contributed by atoms with E-state index in [4.69, 9.17) is 4.74 Å².